The number of likely N-dealkylation sites (tertiary alicyclic amines) is 1. The van der Waals surface area contributed by atoms with Crippen LogP contribution >= 0.6 is 11.3 Å². The number of hydrogen-bond donors (Lipinski definition) is 2. The molecule has 2 amide bonds. The van der Waals surface area contributed by atoms with Gasteiger partial charge in [0.05, 0.1) is 5.56 Å². The summed E-state index contributed by atoms with van der Waals surface area (Å²) in [6, 6.07) is 5.27. The van der Waals surface area contributed by atoms with Crippen molar-refractivity contribution in [3.8, 4) is 0 Å². The zero-order valence-electron chi connectivity index (χ0n) is 12.6. The van der Waals surface area contributed by atoms with Crippen molar-refractivity contribution in [1.82, 2.24) is 9.88 Å². The van der Waals surface area contributed by atoms with Crippen molar-refractivity contribution >= 4 is 34.3 Å². The Kier molecular flexibility index (Phi) is 4.57. The summed E-state index contributed by atoms with van der Waals surface area (Å²) in [5.74, 6) is -1.70. The number of amides is 2. The van der Waals surface area contributed by atoms with Crippen LogP contribution in [0.4, 0.5) is 5.13 Å². The number of anilines is 1. The molecule has 2 aromatic rings. The van der Waals surface area contributed by atoms with Gasteiger partial charge in [-0.1, -0.05) is 6.07 Å². The molecule has 0 saturated carbocycles. The van der Waals surface area contributed by atoms with Gasteiger partial charge in [-0.15, -0.1) is 11.3 Å². The molecule has 2 heterocycles. The molecule has 124 valence electrons. The minimum atomic E-state index is -1.09. The summed E-state index contributed by atoms with van der Waals surface area (Å²) in [5, 5.41) is 14.0. The number of thiazole rings is 1. The maximum Gasteiger partial charge on any atom is 0.335 e. The molecule has 1 atom stereocenters. The van der Waals surface area contributed by atoms with Crippen LogP contribution in [0.1, 0.15) is 33.6 Å². The fourth-order valence-corrected chi connectivity index (χ4v) is 3.24. The van der Waals surface area contributed by atoms with Gasteiger partial charge in [-0.25, -0.2) is 9.78 Å². The Morgan fingerprint density at radius 2 is 2.08 bits per heavy atom. The Balaban J connectivity index is 1.77. The van der Waals surface area contributed by atoms with Crippen molar-refractivity contribution in [2.45, 2.75) is 18.9 Å². The quantitative estimate of drug-likeness (QED) is 0.884. The molecule has 8 heteroatoms. The summed E-state index contributed by atoms with van der Waals surface area (Å²) in [5.41, 5.74) is 0.313. The van der Waals surface area contributed by atoms with E-state index in [1.165, 1.54) is 34.4 Å². The Morgan fingerprint density at radius 1 is 1.29 bits per heavy atom. The van der Waals surface area contributed by atoms with E-state index in [0.29, 0.717) is 18.1 Å². The van der Waals surface area contributed by atoms with Crippen LogP contribution in [-0.2, 0) is 4.79 Å². The highest BCUT2D eigenvalue weighted by molar-refractivity contribution is 7.13. The third-order valence-corrected chi connectivity index (χ3v) is 4.52. The fraction of sp³-hybridized carbons (Fsp3) is 0.250. The Labute approximate surface area is 141 Å². The molecule has 1 saturated heterocycles. The van der Waals surface area contributed by atoms with Crippen LogP contribution in [0.3, 0.4) is 0 Å². The number of carbonyl (C=O) groups is 3. The van der Waals surface area contributed by atoms with E-state index in [9.17, 15) is 14.4 Å². The summed E-state index contributed by atoms with van der Waals surface area (Å²) in [6.45, 7) is 0.464. The lowest BCUT2D eigenvalue weighted by Crippen LogP contribution is -2.43. The van der Waals surface area contributed by atoms with Gasteiger partial charge in [0.25, 0.3) is 5.91 Å². The predicted molar refractivity (Wildman–Crippen MR) is 88.2 cm³/mol. The van der Waals surface area contributed by atoms with Gasteiger partial charge in [0.15, 0.2) is 5.13 Å². The first-order chi connectivity index (χ1) is 11.6. The number of aromatic carboxylic acids is 1. The maximum atomic E-state index is 12.7. The highest BCUT2D eigenvalue weighted by Crippen LogP contribution is 2.22. The van der Waals surface area contributed by atoms with E-state index < -0.39 is 12.0 Å². The van der Waals surface area contributed by atoms with E-state index in [-0.39, 0.29) is 22.9 Å². The van der Waals surface area contributed by atoms with Gasteiger partial charge >= 0.3 is 5.97 Å². The number of aromatic nitrogens is 1. The second-order valence-electron chi connectivity index (χ2n) is 5.37. The Bertz CT molecular complexity index is 775. The third kappa shape index (κ3) is 3.28. The largest absolute Gasteiger partial charge is 0.478 e. The van der Waals surface area contributed by atoms with Crippen LogP contribution in [0.25, 0.3) is 0 Å². The van der Waals surface area contributed by atoms with Crippen molar-refractivity contribution in [2.24, 2.45) is 0 Å². The number of hydrogen-bond acceptors (Lipinski definition) is 5. The smallest absolute Gasteiger partial charge is 0.335 e. The van der Waals surface area contributed by atoms with E-state index in [1.807, 2.05) is 0 Å². The van der Waals surface area contributed by atoms with Gasteiger partial charge in [0.2, 0.25) is 5.91 Å². The molecule has 0 spiro atoms. The molecule has 0 radical (unpaired) electrons. The van der Waals surface area contributed by atoms with Crippen molar-refractivity contribution in [3.05, 3.63) is 47.0 Å². The van der Waals surface area contributed by atoms with Gasteiger partial charge < -0.3 is 15.3 Å². The van der Waals surface area contributed by atoms with E-state index >= 15 is 0 Å². The molecule has 2 N–H and O–H groups in total. The van der Waals surface area contributed by atoms with Gasteiger partial charge in [-0.3, -0.25) is 9.59 Å². The standard InChI is InChI=1S/C16H15N3O4S/c20-13(18-16-17-6-8-24-16)12-5-2-7-19(12)14(21)10-3-1-4-11(9-10)15(22)23/h1,3-4,6,8-9,12H,2,5,7H2,(H,22,23)(H,17,18,20). The molecule has 7 nitrogen and oxygen atoms in total. The lowest BCUT2D eigenvalue weighted by atomic mass is 10.1. The number of carboxylic acids is 1. The van der Waals surface area contributed by atoms with Crippen LogP contribution in [0.15, 0.2) is 35.8 Å². The first-order valence-electron chi connectivity index (χ1n) is 7.41. The molecule has 24 heavy (non-hydrogen) atoms. The second-order valence-corrected chi connectivity index (χ2v) is 6.26. The number of benzene rings is 1. The van der Waals surface area contributed by atoms with Crippen molar-refractivity contribution < 1.29 is 19.5 Å². The molecule has 3 rings (SSSR count). The fourth-order valence-electron chi connectivity index (χ4n) is 2.71. The topological polar surface area (TPSA) is 99.6 Å². The minimum absolute atomic E-state index is 0.0452. The summed E-state index contributed by atoms with van der Waals surface area (Å²) in [7, 11) is 0. The number of nitrogens with zero attached hydrogens (tertiary/aromatic N) is 2. The van der Waals surface area contributed by atoms with E-state index in [0.717, 1.165) is 6.42 Å². The zero-order valence-corrected chi connectivity index (χ0v) is 13.5. The lowest BCUT2D eigenvalue weighted by molar-refractivity contribution is -0.119. The van der Waals surface area contributed by atoms with Crippen LogP contribution in [0.2, 0.25) is 0 Å². The highest BCUT2D eigenvalue weighted by Gasteiger charge is 2.35. The first-order valence-corrected chi connectivity index (χ1v) is 8.29. The number of nitrogens with one attached hydrogen (secondary N) is 1. The Hall–Kier alpha value is -2.74. The Morgan fingerprint density at radius 3 is 2.79 bits per heavy atom. The van der Waals surface area contributed by atoms with Crippen LogP contribution in [0.5, 0.6) is 0 Å². The highest BCUT2D eigenvalue weighted by atomic mass is 32.1. The molecule has 1 aromatic carbocycles. The van der Waals surface area contributed by atoms with Gasteiger partial charge in [-0.05, 0) is 31.0 Å². The average Bonchev–Trinajstić information content (AvgIpc) is 3.25. The van der Waals surface area contributed by atoms with Crippen LogP contribution in [0, 0.1) is 0 Å². The molecule has 1 aliphatic rings. The van der Waals surface area contributed by atoms with Crippen LogP contribution < -0.4 is 5.32 Å². The predicted octanol–water partition coefficient (Wildman–Crippen LogP) is 2.08. The van der Waals surface area contributed by atoms with E-state index in [4.69, 9.17) is 5.11 Å². The average molecular weight is 345 g/mol. The molecule has 1 aromatic heterocycles. The van der Waals surface area contributed by atoms with Crippen molar-refractivity contribution in [2.75, 3.05) is 11.9 Å². The van der Waals surface area contributed by atoms with Crippen molar-refractivity contribution in [3.63, 3.8) is 0 Å². The normalized spacial score (nSPS) is 16.8. The molecule has 0 bridgehead atoms. The summed E-state index contributed by atoms with van der Waals surface area (Å²) in [4.78, 5) is 41.6. The molecular weight excluding hydrogens is 330 g/mol. The minimum Gasteiger partial charge on any atom is -0.478 e. The van der Waals surface area contributed by atoms with E-state index in [2.05, 4.69) is 10.3 Å². The number of rotatable bonds is 4. The molecule has 0 aliphatic carbocycles. The lowest BCUT2D eigenvalue weighted by Gasteiger charge is -2.23. The second kappa shape index (κ2) is 6.79. The molecule has 1 fully saturated rings. The monoisotopic (exact) mass is 345 g/mol. The van der Waals surface area contributed by atoms with E-state index in [1.54, 1.807) is 17.6 Å². The summed E-state index contributed by atoms with van der Waals surface area (Å²) in [6.07, 6.45) is 2.89. The van der Waals surface area contributed by atoms with Gasteiger partial charge in [0.1, 0.15) is 6.04 Å². The first kappa shape index (κ1) is 16.1. The SMILES string of the molecule is O=C(O)c1cccc(C(=O)N2CCCC2C(=O)Nc2nccs2)c1. The van der Waals surface area contributed by atoms with Crippen molar-refractivity contribution in [1.29, 1.82) is 0 Å². The third-order valence-electron chi connectivity index (χ3n) is 3.84. The summed E-state index contributed by atoms with van der Waals surface area (Å²) >= 11 is 1.31. The van der Waals surface area contributed by atoms with Gasteiger partial charge in [0, 0.05) is 23.7 Å². The van der Waals surface area contributed by atoms with Crippen LogP contribution in [-0.4, -0.2) is 45.4 Å². The zero-order chi connectivity index (χ0) is 17.1. The molecule has 1 unspecified atom stereocenters. The maximum absolute atomic E-state index is 12.7. The molecular formula is C16H15N3O4S. The number of carboxylic acid groups (broad SMARTS) is 1. The summed E-state index contributed by atoms with van der Waals surface area (Å²) < 4.78 is 0. The number of carbonyl (C=O) groups excluding carboxylic acids is 2. The van der Waals surface area contributed by atoms with Gasteiger partial charge in [-0.2, -0.15) is 0 Å². The molecule has 1 aliphatic heterocycles.